The first kappa shape index (κ1) is 15.8. The van der Waals surface area contributed by atoms with Crippen LogP contribution in [0.4, 0.5) is 0 Å². The quantitative estimate of drug-likeness (QED) is 0.835. The van der Waals surface area contributed by atoms with Crippen LogP contribution in [0.15, 0.2) is 18.3 Å². The van der Waals surface area contributed by atoms with Crippen molar-refractivity contribution >= 4 is 23.2 Å². The van der Waals surface area contributed by atoms with E-state index < -0.39 is 0 Å². The molecule has 0 aliphatic rings. The first-order valence-corrected chi connectivity index (χ1v) is 7.41. The maximum atomic E-state index is 12.3. The van der Waals surface area contributed by atoms with E-state index in [1.807, 2.05) is 20.8 Å². The van der Waals surface area contributed by atoms with Crippen LogP contribution < -0.4 is 5.32 Å². The van der Waals surface area contributed by atoms with E-state index in [-0.39, 0.29) is 12.0 Å². The number of fused-ring (bicyclic) bond motifs is 1. The summed E-state index contributed by atoms with van der Waals surface area (Å²) in [5.41, 5.74) is 1.91. The van der Waals surface area contributed by atoms with Gasteiger partial charge in [-0.15, -0.1) is 0 Å². The molecule has 0 spiro atoms. The Morgan fingerprint density at radius 1 is 1.52 bits per heavy atom. The van der Waals surface area contributed by atoms with Gasteiger partial charge in [-0.3, -0.25) is 9.20 Å². The average Bonchev–Trinajstić information content (AvgIpc) is 2.72. The fourth-order valence-corrected chi connectivity index (χ4v) is 2.24. The highest BCUT2D eigenvalue weighted by molar-refractivity contribution is 6.30. The molecule has 1 amide bonds. The second kappa shape index (κ2) is 6.91. The van der Waals surface area contributed by atoms with Gasteiger partial charge >= 0.3 is 0 Å². The fourth-order valence-electron chi connectivity index (χ4n) is 2.09. The lowest BCUT2D eigenvalue weighted by Gasteiger charge is -2.08. The van der Waals surface area contributed by atoms with Gasteiger partial charge in [-0.1, -0.05) is 11.6 Å². The molecule has 114 valence electrons. The fraction of sp³-hybridized carbons (Fsp3) is 0.467. The van der Waals surface area contributed by atoms with Crippen LogP contribution in [0.25, 0.3) is 5.65 Å². The number of hydrogen-bond donors (Lipinski definition) is 1. The number of aromatic nitrogens is 2. The van der Waals surface area contributed by atoms with E-state index in [0.29, 0.717) is 35.2 Å². The number of hydrogen-bond acceptors (Lipinski definition) is 3. The Balaban J connectivity index is 2.01. The molecule has 0 aromatic carbocycles. The van der Waals surface area contributed by atoms with Crippen molar-refractivity contribution in [3.8, 4) is 0 Å². The number of imidazole rings is 1. The van der Waals surface area contributed by atoms with E-state index in [9.17, 15) is 4.79 Å². The Bertz CT molecular complexity index is 637. The topological polar surface area (TPSA) is 55.6 Å². The van der Waals surface area contributed by atoms with Gasteiger partial charge in [0.25, 0.3) is 5.91 Å². The maximum absolute atomic E-state index is 12.3. The van der Waals surface area contributed by atoms with Crippen LogP contribution in [-0.4, -0.2) is 34.5 Å². The van der Waals surface area contributed by atoms with Crippen molar-refractivity contribution in [1.29, 1.82) is 0 Å². The molecule has 2 heterocycles. The minimum Gasteiger partial charge on any atom is -0.379 e. The normalized spacial score (nSPS) is 11.3. The van der Waals surface area contributed by atoms with Gasteiger partial charge in [0.1, 0.15) is 11.3 Å². The molecule has 0 saturated heterocycles. The highest BCUT2D eigenvalue weighted by Gasteiger charge is 2.16. The summed E-state index contributed by atoms with van der Waals surface area (Å²) in [6.07, 6.45) is 2.76. The molecule has 0 aliphatic carbocycles. The molecule has 0 atom stereocenters. The van der Waals surface area contributed by atoms with Gasteiger partial charge in [-0.2, -0.15) is 0 Å². The van der Waals surface area contributed by atoms with Crippen molar-refractivity contribution in [2.45, 2.75) is 33.3 Å². The molecular formula is C15H20ClN3O2. The van der Waals surface area contributed by atoms with Crippen molar-refractivity contribution in [2.24, 2.45) is 0 Å². The molecule has 0 unspecified atom stereocenters. The molecular weight excluding hydrogens is 290 g/mol. The summed E-state index contributed by atoms with van der Waals surface area (Å²) in [5, 5.41) is 3.50. The number of carbonyl (C=O) groups excluding carboxylic acids is 1. The van der Waals surface area contributed by atoms with Crippen molar-refractivity contribution in [1.82, 2.24) is 14.7 Å². The average molecular weight is 310 g/mol. The van der Waals surface area contributed by atoms with E-state index in [1.54, 1.807) is 22.7 Å². The van der Waals surface area contributed by atoms with Crippen LogP contribution in [0, 0.1) is 6.92 Å². The monoisotopic (exact) mass is 309 g/mol. The summed E-state index contributed by atoms with van der Waals surface area (Å²) in [4.78, 5) is 16.6. The summed E-state index contributed by atoms with van der Waals surface area (Å²) in [7, 11) is 0. The number of nitrogens with one attached hydrogen (secondary N) is 1. The molecule has 1 N–H and O–H groups in total. The first-order valence-electron chi connectivity index (χ1n) is 7.03. The minimum atomic E-state index is -0.133. The van der Waals surface area contributed by atoms with Gasteiger partial charge < -0.3 is 10.1 Å². The number of aryl methyl sites for hydroxylation is 1. The summed E-state index contributed by atoms with van der Waals surface area (Å²) < 4.78 is 7.19. The number of halogens is 1. The Labute approximate surface area is 129 Å². The van der Waals surface area contributed by atoms with Crippen molar-refractivity contribution in [2.75, 3.05) is 13.2 Å². The largest absolute Gasteiger partial charge is 0.379 e. The van der Waals surface area contributed by atoms with Crippen LogP contribution in [-0.2, 0) is 4.74 Å². The van der Waals surface area contributed by atoms with Gasteiger partial charge in [0.15, 0.2) is 0 Å². The first-order chi connectivity index (χ1) is 9.99. The van der Waals surface area contributed by atoms with Crippen molar-refractivity contribution < 1.29 is 9.53 Å². The van der Waals surface area contributed by atoms with E-state index in [1.165, 1.54) is 0 Å². The van der Waals surface area contributed by atoms with Crippen LogP contribution in [0.3, 0.4) is 0 Å². The van der Waals surface area contributed by atoms with Gasteiger partial charge in [-0.25, -0.2) is 4.98 Å². The molecule has 0 radical (unpaired) electrons. The minimum absolute atomic E-state index is 0.133. The van der Waals surface area contributed by atoms with Gasteiger partial charge in [0, 0.05) is 30.4 Å². The van der Waals surface area contributed by atoms with Crippen LogP contribution in [0.2, 0.25) is 5.02 Å². The number of carbonyl (C=O) groups is 1. The summed E-state index contributed by atoms with van der Waals surface area (Å²) in [6.45, 7) is 7.01. The molecule has 0 bridgehead atoms. The van der Waals surface area contributed by atoms with E-state index in [4.69, 9.17) is 16.3 Å². The number of nitrogens with zero attached hydrogens (tertiary/aromatic N) is 2. The number of pyridine rings is 1. The molecule has 2 aromatic rings. The Kier molecular flexibility index (Phi) is 5.20. The Morgan fingerprint density at radius 2 is 2.29 bits per heavy atom. The van der Waals surface area contributed by atoms with Gasteiger partial charge in [0.05, 0.1) is 11.8 Å². The molecule has 5 nitrogen and oxygen atoms in total. The predicted molar refractivity (Wildman–Crippen MR) is 83.0 cm³/mol. The zero-order chi connectivity index (χ0) is 15.4. The third-order valence-electron chi connectivity index (χ3n) is 3.04. The summed E-state index contributed by atoms with van der Waals surface area (Å²) >= 11 is 5.94. The molecule has 21 heavy (non-hydrogen) atoms. The molecule has 0 aliphatic heterocycles. The summed E-state index contributed by atoms with van der Waals surface area (Å²) in [6, 6.07) is 3.48. The molecule has 6 heteroatoms. The lowest BCUT2D eigenvalue weighted by molar-refractivity contribution is 0.0756. The van der Waals surface area contributed by atoms with Crippen LogP contribution in [0.1, 0.15) is 36.5 Å². The Morgan fingerprint density at radius 3 is 3.00 bits per heavy atom. The lowest BCUT2D eigenvalue weighted by Crippen LogP contribution is -2.27. The van der Waals surface area contributed by atoms with E-state index in [0.717, 1.165) is 6.42 Å². The molecule has 0 saturated carbocycles. The highest BCUT2D eigenvalue weighted by atomic mass is 35.5. The standard InChI is InChI=1S/C15H20ClN3O2/c1-10(2)21-8-4-6-17-15(20)14-11(3)18-13-9-12(16)5-7-19(13)14/h5,7,9-10H,4,6,8H2,1-3H3,(H,17,20). The maximum Gasteiger partial charge on any atom is 0.270 e. The highest BCUT2D eigenvalue weighted by Crippen LogP contribution is 2.16. The van der Waals surface area contributed by atoms with E-state index in [2.05, 4.69) is 10.3 Å². The summed E-state index contributed by atoms with van der Waals surface area (Å²) in [5.74, 6) is -0.133. The Hall–Kier alpha value is -1.59. The smallest absolute Gasteiger partial charge is 0.270 e. The van der Waals surface area contributed by atoms with Crippen molar-refractivity contribution in [3.63, 3.8) is 0 Å². The molecule has 0 fully saturated rings. The third kappa shape index (κ3) is 3.95. The zero-order valence-corrected chi connectivity index (χ0v) is 13.3. The molecule has 2 aromatic heterocycles. The number of ether oxygens (including phenoxy) is 1. The predicted octanol–water partition coefficient (Wildman–Crippen LogP) is 2.84. The third-order valence-corrected chi connectivity index (χ3v) is 3.27. The second-order valence-electron chi connectivity index (χ2n) is 5.15. The van der Waals surface area contributed by atoms with E-state index >= 15 is 0 Å². The van der Waals surface area contributed by atoms with Crippen molar-refractivity contribution in [3.05, 3.63) is 34.7 Å². The SMILES string of the molecule is Cc1nc2cc(Cl)ccn2c1C(=O)NCCCOC(C)C. The lowest BCUT2D eigenvalue weighted by atomic mass is 10.3. The van der Waals surface area contributed by atoms with Gasteiger partial charge in [0.2, 0.25) is 0 Å². The zero-order valence-electron chi connectivity index (χ0n) is 12.5. The number of rotatable bonds is 6. The molecule has 2 rings (SSSR count). The second-order valence-corrected chi connectivity index (χ2v) is 5.58. The van der Waals surface area contributed by atoms with Crippen LogP contribution >= 0.6 is 11.6 Å². The van der Waals surface area contributed by atoms with Gasteiger partial charge in [-0.05, 0) is 33.3 Å². The van der Waals surface area contributed by atoms with Crippen LogP contribution in [0.5, 0.6) is 0 Å². The number of amides is 1.